The Balaban J connectivity index is 1.63. The summed E-state index contributed by atoms with van der Waals surface area (Å²) in [5, 5.41) is 12.8. The molecule has 0 spiro atoms. The van der Waals surface area contributed by atoms with E-state index in [4.69, 9.17) is 0 Å². The summed E-state index contributed by atoms with van der Waals surface area (Å²) in [6.07, 6.45) is 1.75. The van der Waals surface area contributed by atoms with Crippen LogP contribution in [0.25, 0.3) is 0 Å². The van der Waals surface area contributed by atoms with E-state index in [1.807, 2.05) is 6.07 Å². The lowest BCUT2D eigenvalue weighted by atomic mass is 9.88. The van der Waals surface area contributed by atoms with E-state index in [2.05, 4.69) is 34.3 Å². The lowest BCUT2D eigenvalue weighted by Crippen LogP contribution is -2.36. The van der Waals surface area contributed by atoms with Gasteiger partial charge in [-0.05, 0) is 37.6 Å². The molecule has 1 aliphatic rings. The first-order valence-electron chi connectivity index (χ1n) is 8.01. The van der Waals surface area contributed by atoms with Gasteiger partial charge < -0.3 is 5.21 Å². The molecule has 2 aromatic carbocycles. The third kappa shape index (κ3) is 3.77. The van der Waals surface area contributed by atoms with Gasteiger partial charge in [0.2, 0.25) is 0 Å². The zero-order chi connectivity index (χ0) is 16.1. The summed E-state index contributed by atoms with van der Waals surface area (Å²) >= 11 is 0. The van der Waals surface area contributed by atoms with Crippen LogP contribution in [-0.4, -0.2) is 28.9 Å². The highest BCUT2D eigenvalue weighted by molar-refractivity contribution is 6.02. The molecule has 120 valence electrons. The Morgan fingerprint density at radius 2 is 1.70 bits per heavy atom. The molecule has 1 N–H and O–H groups in total. The first-order valence-corrected chi connectivity index (χ1v) is 8.01. The van der Waals surface area contributed by atoms with Gasteiger partial charge in [0.15, 0.2) is 0 Å². The van der Waals surface area contributed by atoms with Gasteiger partial charge >= 0.3 is 0 Å². The Hall–Kier alpha value is -2.20. The summed E-state index contributed by atoms with van der Waals surface area (Å²) in [6.45, 7) is 2.78. The second kappa shape index (κ2) is 7.38. The van der Waals surface area contributed by atoms with Crippen molar-refractivity contribution in [2.75, 3.05) is 13.1 Å². The van der Waals surface area contributed by atoms with E-state index in [9.17, 15) is 9.60 Å². The van der Waals surface area contributed by atoms with Gasteiger partial charge in [0.05, 0.1) is 5.71 Å². The zero-order valence-electron chi connectivity index (χ0n) is 13.0. The van der Waals surface area contributed by atoms with Gasteiger partial charge in [0.1, 0.15) is 5.82 Å². The van der Waals surface area contributed by atoms with Crippen LogP contribution < -0.4 is 0 Å². The molecule has 1 saturated heterocycles. The fraction of sp³-hybridized carbons (Fsp3) is 0.316. The van der Waals surface area contributed by atoms with Crippen molar-refractivity contribution in [3.05, 3.63) is 71.5 Å². The average Bonchev–Trinajstić information content (AvgIpc) is 2.59. The van der Waals surface area contributed by atoms with E-state index >= 15 is 0 Å². The predicted octanol–water partition coefficient (Wildman–Crippen LogP) is 3.92. The third-order valence-electron chi connectivity index (χ3n) is 4.48. The normalized spacial score (nSPS) is 17.3. The summed E-state index contributed by atoms with van der Waals surface area (Å²) in [4.78, 5) is 2.39. The molecule has 0 unspecified atom stereocenters. The Morgan fingerprint density at radius 3 is 2.35 bits per heavy atom. The number of piperidine rings is 1. The van der Waals surface area contributed by atoms with Crippen molar-refractivity contribution >= 4 is 5.71 Å². The number of hydrogen-bond donors (Lipinski definition) is 1. The lowest BCUT2D eigenvalue weighted by Gasteiger charge is -2.32. The minimum atomic E-state index is -0.327. The van der Waals surface area contributed by atoms with Gasteiger partial charge in [-0.25, -0.2) is 4.39 Å². The van der Waals surface area contributed by atoms with Crippen LogP contribution in [0.15, 0.2) is 59.8 Å². The van der Waals surface area contributed by atoms with Crippen LogP contribution in [0, 0.1) is 11.7 Å². The maximum atomic E-state index is 13.9. The average molecular weight is 312 g/mol. The number of hydrogen-bond acceptors (Lipinski definition) is 3. The maximum absolute atomic E-state index is 13.9. The molecule has 1 heterocycles. The van der Waals surface area contributed by atoms with Crippen LogP contribution in [0.5, 0.6) is 0 Å². The number of oxime groups is 1. The molecular formula is C19H21FN2O. The minimum Gasteiger partial charge on any atom is -0.411 e. The molecule has 0 atom stereocenters. The van der Waals surface area contributed by atoms with Gasteiger partial charge in [-0.3, -0.25) is 4.90 Å². The minimum absolute atomic E-state index is 0.101. The summed E-state index contributed by atoms with van der Waals surface area (Å²) in [6, 6.07) is 16.9. The van der Waals surface area contributed by atoms with Gasteiger partial charge in [-0.2, -0.15) is 0 Å². The summed E-state index contributed by atoms with van der Waals surface area (Å²) in [5.41, 5.74) is 2.19. The van der Waals surface area contributed by atoms with E-state index in [1.165, 1.54) is 11.6 Å². The number of likely N-dealkylation sites (tertiary alicyclic amines) is 1. The first-order chi connectivity index (χ1) is 11.3. The molecule has 0 aromatic heterocycles. The Bertz CT molecular complexity index is 664. The molecule has 23 heavy (non-hydrogen) atoms. The van der Waals surface area contributed by atoms with Crippen LogP contribution in [0.3, 0.4) is 0 Å². The van der Waals surface area contributed by atoms with Gasteiger partial charge in [0.25, 0.3) is 0 Å². The SMILES string of the molecule is O/N=C(/c1ccccc1F)C1CCN(Cc2ccccc2)CC1. The fourth-order valence-corrected chi connectivity index (χ4v) is 3.23. The highest BCUT2D eigenvalue weighted by Crippen LogP contribution is 2.24. The molecule has 1 aliphatic heterocycles. The van der Waals surface area contributed by atoms with Crippen molar-refractivity contribution < 1.29 is 9.60 Å². The smallest absolute Gasteiger partial charge is 0.132 e. The number of rotatable bonds is 4. The molecule has 0 aliphatic carbocycles. The number of benzene rings is 2. The van der Waals surface area contributed by atoms with Crippen LogP contribution >= 0.6 is 0 Å². The molecule has 3 rings (SSSR count). The van der Waals surface area contributed by atoms with E-state index < -0.39 is 0 Å². The molecule has 0 bridgehead atoms. The quantitative estimate of drug-likeness (QED) is 0.528. The van der Waals surface area contributed by atoms with Crippen LogP contribution in [0.1, 0.15) is 24.0 Å². The molecule has 0 saturated carbocycles. The molecule has 2 aromatic rings. The van der Waals surface area contributed by atoms with E-state index in [1.54, 1.807) is 18.2 Å². The Kier molecular flexibility index (Phi) is 5.03. The predicted molar refractivity (Wildman–Crippen MR) is 89.2 cm³/mol. The van der Waals surface area contributed by atoms with Crippen molar-refractivity contribution in [3.8, 4) is 0 Å². The summed E-state index contributed by atoms with van der Waals surface area (Å²) in [7, 11) is 0. The van der Waals surface area contributed by atoms with Crippen molar-refractivity contribution in [2.24, 2.45) is 11.1 Å². The first kappa shape index (κ1) is 15.7. The van der Waals surface area contributed by atoms with E-state index in [0.29, 0.717) is 11.3 Å². The summed E-state index contributed by atoms with van der Waals surface area (Å²) in [5.74, 6) is -0.226. The van der Waals surface area contributed by atoms with Crippen molar-refractivity contribution in [2.45, 2.75) is 19.4 Å². The maximum Gasteiger partial charge on any atom is 0.132 e. The molecule has 3 nitrogen and oxygen atoms in total. The third-order valence-corrected chi connectivity index (χ3v) is 4.48. The van der Waals surface area contributed by atoms with E-state index in [0.717, 1.165) is 32.5 Å². The van der Waals surface area contributed by atoms with Gasteiger partial charge in [-0.15, -0.1) is 0 Å². The largest absolute Gasteiger partial charge is 0.411 e. The molecule has 4 heteroatoms. The van der Waals surface area contributed by atoms with Crippen molar-refractivity contribution in [1.29, 1.82) is 0 Å². The van der Waals surface area contributed by atoms with Crippen molar-refractivity contribution in [3.63, 3.8) is 0 Å². The van der Waals surface area contributed by atoms with Crippen molar-refractivity contribution in [1.82, 2.24) is 4.90 Å². The lowest BCUT2D eigenvalue weighted by molar-refractivity contribution is 0.199. The molecule has 1 fully saturated rings. The zero-order valence-corrected chi connectivity index (χ0v) is 13.0. The molecule has 0 radical (unpaired) electrons. The van der Waals surface area contributed by atoms with Crippen LogP contribution in [-0.2, 0) is 6.54 Å². The van der Waals surface area contributed by atoms with Crippen LogP contribution in [0.2, 0.25) is 0 Å². The topological polar surface area (TPSA) is 35.8 Å². The highest BCUT2D eigenvalue weighted by Gasteiger charge is 2.26. The van der Waals surface area contributed by atoms with Crippen LogP contribution in [0.4, 0.5) is 4.39 Å². The number of halogens is 1. The standard InChI is InChI=1S/C19H21FN2O/c20-18-9-5-4-8-17(18)19(21-23)16-10-12-22(13-11-16)14-15-6-2-1-3-7-15/h1-9,16,23H,10-14H2/b21-19+. The van der Waals surface area contributed by atoms with E-state index in [-0.39, 0.29) is 11.7 Å². The number of nitrogens with zero attached hydrogens (tertiary/aromatic N) is 2. The molecular weight excluding hydrogens is 291 g/mol. The molecule has 0 amide bonds. The Morgan fingerprint density at radius 1 is 1.04 bits per heavy atom. The van der Waals surface area contributed by atoms with Gasteiger partial charge in [0, 0.05) is 18.0 Å². The fourth-order valence-electron chi connectivity index (χ4n) is 3.23. The second-order valence-corrected chi connectivity index (χ2v) is 6.00. The monoisotopic (exact) mass is 312 g/mol. The Labute approximate surface area is 136 Å². The highest BCUT2D eigenvalue weighted by atomic mass is 19.1. The van der Waals surface area contributed by atoms with Gasteiger partial charge in [-0.1, -0.05) is 53.7 Å². The second-order valence-electron chi connectivity index (χ2n) is 6.00. The summed E-state index contributed by atoms with van der Waals surface area (Å²) < 4.78 is 13.9.